The van der Waals surface area contributed by atoms with Gasteiger partial charge in [0.1, 0.15) is 17.6 Å². The summed E-state index contributed by atoms with van der Waals surface area (Å²) >= 11 is 1.50. The predicted octanol–water partition coefficient (Wildman–Crippen LogP) is -0.678. The van der Waals surface area contributed by atoms with Crippen LogP contribution < -0.4 is 5.32 Å². The molecular weight excluding hydrogens is 218 g/mol. The summed E-state index contributed by atoms with van der Waals surface area (Å²) in [6.45, 7) is 3.13. The van der Waals surface area contributed by atoms with E-state index in [0.29, 0.717) is 0 Å². The van der Waals surface area contributed by atoms with Crippen LogP contribution in [-0.4, -0.2) is 52.2 Å². The van der Waals surface area contributed by atoms with Crippen LogP contribution in [-0.2, 0) is 9.53 Å². The highest BCUT2D eigenvalue weighted by Crippen LogP contribution is 2.29. The van der Waals surface area contributed by atoms with E-state index in [2.05, 4.69) is 5.32 Å². The molecule has 6 heteroatoms. The molecule has 1 rings (SSSR count). The van der Waals surface area contributed by atoms with Crippen molar-refractivity contribution in [3.63, 3.8) is 0 Å². The summed E-state index contributed by atoms with van der Waals surface area (Å²) in [5.41, 5.74) is -0.286. The Morgan fingerprint density at radius 1 is 1.60 bits per heavy atom. The van der Waals surface area contributed by atoms with Gasteiger partial charge < -0.3 is 20.3 Å². The second-order valence-corrected chi connectivity index (χ2v) is 4.77. The standard InChI is InChI=1S/C9H17NO4S/c1-3-15-9-7(10-5(2)12)8(13)6(4-11)14-9/h6-9,11,13H,3-4H2,1-2H3,(H,10,12)/t6-,7+,8+,9+/m1/s1. The quantitative estimate of drug-likeness (QED) is 0.602. The largest absolute Gasteiger partial charge is 0.394 e. The highest BCUT2D eigenvalue weighted by atomic mass is 32.2. The molecule has 1 saturated heterocycles. The Morgan fingerprint density at radius 2 is 2.27 bits per heavy atom. The summed E-state index contributed by atoms with van der Waals surface area (Å²) in [7, 11) is 0. The smallest absolute Gasteiger partial charge is 0.217 e. The average molecular weight is 235 g/mol. The number of hydrogen-bond acceptors (Lipinski definition) is 5. The van der Waals surface area contributed by atoms with Crippen molar-refractivity contribution in [2.45, 2.75) is 37.5 Å². The van der Waals surface area contributed by atoms with E-state index < -0.39 is 18.2 Å². The normalized spacial score (nSPS) is 35.5. The average Bonchev–Trinajstić information content (AvgIpc) is 2.46. The van der Waals surface area contributed by atoms with Crippen LogP contribution in [0.15, 0.2) is 0 Å². The molecule has 1 aliphatic heterocycles. The third kappa shape index (κ3) is 3.07. The van der Waals surface area contributed by atoms with Gasteiger partial charge in [-0.25, -0.2) is 0 Å². The van der Waals surface area contributed by atoms with E-state index in [9.17, 15) is 9.90 Å². The van der Waals surface area contributed by atoms with Crippen molar-refractivity contribution in [1.82, 2.24) is 5.32 Å². The lowest BCUT2D eigenvalue weighted by molar-refractivity contribution is -0.120. The Morgan fingerprint density at radius 3 is 2.73 bits per heavy atom. The highest BCUT2D eigenvalue weighted by Gasteiger charge is 2.43. The minimum absolute atomic E-state index is 0.206. The van der Waals surface area contributed by atoms with Gasteiger partial charge in [0.2, 0.25) is 5.91 Å². The lowest BCUT2D eigenvalue weighted by Crippen LogP contribution is -2.46. The molecule has 0 unspecified atom stereocenters. The Kier molecular flexibility index (Phi) is 4.85. The fraction of sp³-hybridized carbons (Fsp3) is 0.889. The number of carbonyl (C=O) groups is 1. The molecule has 0 aromatic carbocycles. The fourth-order valence-corrected chi connectivity index (χ4v) is 2.56. The van der Waals surface area contributed by atoms with E-state index in [-0.39, 0.29) is 18.0 Å². The van der Waals surface area contributed by atoms with Gasteiger partial charge in [-0.05, 0) is 5.75 Å². The molecule has 1 heterocycles. The molecule has 1 aliphatic rings. The first kappa shape index (κ1) is 12.8. The minimum Gasteiger partial charge on any atom is -0.394 e. The molecule has 0 radical (unpaired) electrons. The molecule has 88 valence electrons. The van der Waals surface area contributed by atoms with Gasteiger partial charge in [-0.15, -0.1) is 11.8 Å². The SMILES string of the molecule is CCS[C@@H]1O[C@H](CO)[C@H](O)[C@@H]1NC(C)=O. The van der Waals surface area contributed by atoms with E-state index in [1.54, 1.807) is 0 Å². The molecule has 0 aliphatic carbocycles. The number of nitrogens with one attached hydrogen (secondary N) is 1. The van der Waals surface area contributed by atoms with Crippen molar-refractivity contribution in [2.24, 2.45) is 0 Å². The maximum atomic E-state index is 10.9. The molecule has 5 nitrogen and oxygen atoms in total. The molecular formula is C9H17NO4S. The van der Waals surface area contributed by atoms with Crippen LogP contribution in [0.25, 0.3) is 0 Å². The Labute approximate surface area is 93.2 Å². The molecule has 15 heavy (non-hydrogen) atoms. The number of carbonyl (C=O) groups excluding carboxylic acids is 1. The number of aliphatic hydroxyl groups is 2. The third-order valence-electron chi connectivity index (χ3n) is 2.23. The van der Waals surface area contributed by atoms with E-state index in [1.807, 2.05) is 6.92 Å². The Balaban J connectivity index is 2.64. The number of aliphatic hydroxyl groups excluding tert-OH is 2. The molecule has 1 amide bonds. The van der Waals surface area contributed by atoms with Crippen molar-refractivity contribution in [3.8, 4) is 0 Å². The molecule has 0 bridgehead atoms. The maximum Gasteiger partial charge on any atom is 0.217 e. The Bertz CT molecular complexity index is 226. The van der Waals surface area contributed by atoms with Gasteiger partial charge in [0, 0.05) is 6.92 Å². The second-order valence-electron chi connectivity index (χ2n) is 3.40. The first-order valence-electron chi connectivity index (χ1n) is 4.93. The molecule has 1 fully saturated rings. The summed E-state index contributed by atoms with van der Waals surface area (Å²) in [4.78, 5) is 10.9. The van der Waals surface area contributed by atoms with Gasteiger partial charge >= 0.3 is 0 Å². The summed E-state index contributed by atoms with van der Waals surface area (Å²) < 4.78 is 5.42. The van der Waals surface area contributed by atoms with Crippen molar-refractivity contribution >= 4 is 17.7 Å². The van der Waals surface area contributed by atoms with Crippen LogP contribution in [0.1, 0.15) is 13.8 Å². The van der Waals surface area contributed by atoms with Crippen LogP contribution >= 0.6 is 11.8 Å². The lowest BCUT2D eigenvalue weighted by atomic mass is 10.1. The maximum absolute atomic E-state index is 10.9. The topological polar surface area (TPSA) is 78.8 Å². The molecule has 0 aromatic rings. The van der Waals surface area contributed by atoms with Gasteiger partial charge in [0.05, 0.1) is 12.6 Å². The van der Waals surface area contributed by atoms with Gasteiger partial charge in [-0.3, -0.25) is 4.79 Å². The Hall–Kier alpha value is -0.300. The van der Waals surface area contributed by atoms with Gasteiger partial charge in [-0.1, -0.05) is 6.92 Å². The van der Waals surface area contributed by atoms with Crippen LogP contribution in [0.2, 0.25) is 0 Å². The summed E-state index contributed by atoms with van der Waals surface area (Å²) in [5.74, 6) is 0.619. The summed E-state index contributed by atoms with van der Waals surface area (Å²) in [5, 5.41) is 21.4. The molecule has 4 atom stereocenters. The molecule has 3 N–H and O–H groups in total. The molecule has 0 spiro atoms. The first-order chi connectivity index (χ1) is 7.10. The number of rotatable bonds is 4. The predicted molar refractivity (Wildman–Crippen MR) is 57.5 cm³/mol. The van der Waals surface area contributed by atoms with Gasteiger partial charge in [0.15, 0.2) is 0 Å². The number of thioether (sulfide) groups is 1. The zero-order valence-electron chi connectivity index (χ0n) is 8.84. The van der Waals surface area contributed by atoms with Gasteiger partial charge in [0.25, 0.3) is 0 Å². The van der Waals surface area contributed by atoms with Crippen LogP contribution in [0.3, 0.4) is 0 Å². The molecule has 0 aromatic heterocycles. The van der Waals surface area contributed by atoms with Gasteiger partial charge in [-0.2, -0.15) is 0 Å². The highest BCUT2D eigenvalue weighted by molar-refractivity contribution is 7.99. The molecule has 0 saturated carbocycles. The fourth-order valence-electron chi connectivity index (χ4n) is 1.58. The number of hydrogen-bond donors (Lipinski definition) is 3. The summed E-state index contributed by atoms with van der Waals surface area (Å²) in [6, 6.07) is -0.440. The van der Waals surface area contributed by atoms with Crippen molar-refractivity contribution in [2.75, 3.05) is 12.4 Å². The zero-order valence-corrected chi connectivity index (χ0v) is 9.66. The number of ether oxygens (including phenoxy) is 1. The number of amides is 1. The lowest BCUT2D eigenvalue weighted by Gasteiger charge is -2.19. The van der Waals surface area contributed by atoms with E-state index in [1.165, 1.54) is 18.7 Å². The summed E-state index contributed by atoms with van der Waals surface area (Å²) in [6.07, 6.45) is -1.45. The van der Waals surface area contributed by atoms with Crippen molar-refractivity contribution in [1.29, 1.82) is 0 Å². The van der Waals surface area contributed by atoms with E-state index >= 15 is 0 Å². The minimum atomic E-state index is -0.844. The van der Waals surface area contributed by atoms with Crippen LogP contribution in [0, 0.1) is 0 Å². The van der Waals surface area contributed by atoms with Crippen molar-refractivity contribution in [3.05, 3.63) is 0 Å². The van der Waals surface area contributed by atoms with Crippen molar-refractivity contribution < 1.29 is 19.7 Å². The second kappa shape index (κ2) is 5.69. The first-order valence-corrected chi connectivity index (χ1v) is 5.98. The zero-order chi connectivity index (χ0) is 11.4. The van der Waals surface area contributed by atoms with E-state index in [0.717, 1.165) is 5.75 Å². The van der Waals surface area contributed by atoms with E-state index in [4.69, 9.17) is 9.84 Å². The third-order valence-corrected chi connectivity index (χ3v) is 3.30. The van der Waals surface area contributed by atoms with Crippen LogP contribution in [0.4, 0.5) is 0 Å². The monoisotopic (exact) mass is 235 g/mol. The van der Waals surface area contributed by atoms with Crippen LogP contribution in [0.5, 0.6) is 0 Å².